The van der Waals surface area contributed by atoms with Crippen molar-refractivity contribution in [2.75, 3.05) is 17.6 Å². The van der Waals surface area contributed by atoms with Crippen LogP contribution in [0.1, 0.15) is 79.7 Å². The summed E-state index contributed by atoms with van der Waals surface area (Å²) in [6.45, 7) is 5.10. The van der Waals surface area contributed by atoms with E-state index in [2.05, 4.69) is 16.0 Å². The lowest BCUT2D eigenvalue weighted by molar-refractivity contribution is -0.123. The fourth-order valence-corrected chi connectivity index (χ4v) is 9.43. The number of hydrogen-bond acceptors (Lipinski definition) is 7. The predicted molar refractivity (Wildman–Crippen MR) is 151 cm³/mol. The van der Waals surface area contributed by atoms with Crippen LogP contribution in [0.4, 0.5) is 10.1 Å². The van der Waals surface area contributed by atoms with Crippen LogP contribution >= 0.6 is 0 Å². The molecular weight excluding hydrogens is 549 g/mol. The summed E-state index contributed by atoms with van der Waals surface area (Å²) < 4.78 is 49.7. The van der Waals surface area contributed by atoms with Gasteiger partial charge in [-0.3, -0.25) is 9.59 Å². The van der Waals surface area contributed by atoms with Gasteiger partial charge < -0.3 is 31.0 Å². The fourth-order valence-electron chi connectivity index (χ4n) is 7.08. The molecule has 1 saturated heterocycles. The molecule has 0 radical (unpaired) electrons. The summed E-state index contributed by atoms with van der Waals surface area (Å²) in [5.74, 6) is -1.57. The highest BCUT2D eigenvalue weighted by molar-refractivity contribution is 7.91. The zero-order valence-electron chi connectivity index (χ0n) is 23.5. The van der Waals surface area contributed by atoms with Crippen molar-refractivity contribution in [2.24, 2.45) is 11.1 Å². The van der Waals surface area contributed by atoms with E-state index in [1.807, 2.05) is 13.8 Å². The van der Waals surface area contributed by atoms with Crippen LogP contribution in [0.25, 0.3) is 5.69 Å². The number of carbonyl (C=O) groups is 2. The largest absolute Gasteiger partial charge is 0.382 e. The Kier molecular flexibility index (Phi) is 7.14. The Balaban J connectivity index is 1.29. The number of aromatic nitrogens is 1. The average Bonchev–Trinajstić information content (AvgIpc) is 3.61. The molecule has 0 bridgehead atoms. The minimum absolute atomic E-state index is 0.0333. The minimum atomic E-state index is -3.56. The molecule has 41 heavy (non-hydrogen) atoms. The van der Waals surface area contributed by atoms with E-state index in [1.54, 1.807) is 10.6 Å². The van der Waals surface area contributed by atoms with Crippen molar-refractivity contribution in [1.29, 1.82) is 0 Å². The van der Waals surface area contributed by atoms with Crippen molar-refractivity contribution in [2.45, 2.75) is 95.0 Å². The quantitative estimate of drug-likeness (QED) is 0.407. The second kappa shape index (κ2) is 10.4. The molecule has 1 aliphatic carbocycles. The van der Waals surface area contributed by atoms with E-state index in [0.717, 1.165) is 45.1 Å². The normalized spacial score (nSPS) is 26.3. The maximum absolute atomic E-state index is 15.6. The summed E-state index contributed by atoms with van der Waals surface area (Å²) in [5, 5.41) is 9.73. The molecule has 0 spiro atoms. The first-order valence-electron chi connectivity index (χ1n) is 14.4. The highest BCUT2D eigenvalue weighted by Gasteiger charge is 2.43. The first-order chi connectivity index (χ1) is 19.4. The molecule has 1 aromatic heterocycles. The van der Waals surface area contributed by atoms with E-state index in [9.17, 15) is 18.0 Å². The number of amides is 2. The van der Waals surface area contributed by atoms with Crippen molar-refractivity contribution in [1.82, 2.24) is 15.2 Å². The Bertz CT molecular complexity index is 1500. The monoisotopic (exact) mass is 587 g/mol. The fraction of sp³-hybridized carbons (Fsp3) is 0.586. The van der Waals surface area contributed by atoms with Gasteiger partial charge in [-0.05, 0) is 69.0 Å². The van der Waals surface area contributed by atoms with E-state index >= 15 is 4.39 Å². The molecule has 2 fully saturated rings. The van der Waals surface area contributed by atoms with Crippen LogP contribution in [0.3, 0.4) is 0 Å². The van der Waals surface area contributed by atoms with Gasteiger partial charge in [0.2, 0.25) is 5.91 Å². The predicted octanol–water partition coefficient (Wildman–Crippen LogP) is 2.69. The third-order valence-corrected chi connectivity index (χ3v) is 11.1. The Morgan fingerprint density at radius 1 is 1.10 bits per heavy atom. The zero-order chi connectivity index (χ0) is 29.1. The number of nitrogens with one attached hydrogen (secondary N) is 3. The number of sulfone groups is 1. The second-order valence-corrected chi connectivity index (χ2v) is 14.6. The molecule has 5 N–H and O–H groups in total. The number of halogens is 1. The topological polar surface area (TPSA) is 145 Å². The van der Waals surface area contributed by atoms with Crippen LogP contribution in [0, 0.1) is 11.2 Å². The highest BCUT2D eigenvalue weighted by Crippen LogP contribution is 2.44. The molecule has 4 heterocycles. The van der Waals surface area contributed by atoms with Crippen LogP contribution in [0.15, 0.2) is 17.0 Å². The van der Waals surface area contributed by atoms with Gasteiger partial charge in [-0.25, -0.2) is 12.8 Å². The van der Waals surface area contributed by atoms with Crippen LogP contribution in [0.5, 0.6) is 0 Å². The number of nitrogens with two attached hydrogens (primary N) is 1. The Morgan fingerprint density at radius 2 is 1.83 bits per heavy atom. The Hall–Kier alpha value is -2.96. The van der Waals surface area contributed by atoms with Crippen molar-refractivity contribution >= 4 is 27.3 Å². The molecule has 1 saturated carbocycles. The second-order valence-electron chi connectivity index (χ2n) is 12.7. The summed E-state index contributed by atoms with van der Waals surface area (Å²) >= 11 is 0. The molecule has 3 aliphatic heterocycles. The number of nitrogens with zero attached hydrogens (tertiary/aromatic N) is 1. The zero-order valence-corrected chi connectivity index (χ0v) is 24.3. The number of benzene rings is 1. The minimum Gasteiger partial charge on any atom is -0.382 e. The molecule has 0 unspecified atom stereocenters. The lowest BCUT2D eigenvalue weighted by Gasteiger charge is -2.32. The smallest absolute Gasteiger partial charge is 0.253 e. The summed E-state index contributed by atoms with van der Waals surface area (Å²) in [4.78, 5) is 25.2. The maximum Gasteiger partial charge on any atom is 0.253 e. The van der Waals surface area contributed by atoms with E-state index in [-0.39, 0.29) is 54.3 Å². The Morgan fingerprint density at radius 3 is 2.51 bits per heavy atom. The van der Waals surface area contributed by atoms with Gasteiger partial charge in [-0.1, -0.05) is 13.8 Å². The number of anilines is 1. The van der Waals surface area contributed by atoms with Crippen molar-refractivity contribution < 1.29 is 27.1 Å². The van der Waals surface area contributed by atoms with Gasteiger partial charge in [0.25, 0.3) is 5.91 Å². The molecule has 2 amide bonds. The lowest BCUT2D eigenvalue weighted by Crippen LogP contribution is -2.47. The van der Waals surface area contributed by atoms with Gasteiger partial charge in [0, 0.05) is 23.3 Å². The number of ether oxygens (including phenoxy) is 1. The molecular formula is C29H38FN5O5S. The highest BCUT2D eigenvalue weighted by atomic mass is 32.2. The summed E-state index contributed by atoms with van der Waals surface area (Å²) in [5.41, 5.74) is 7.57. The molecule has 1 atom stereocenters. The molecule has 12 heteroatoms. The van der Waals surface area contributed by atoms with Gasteiger partial charge in [0.1, 0.15) is 5.82 Å². The molecule has 1 aromatic carbocycles. The lowest BCUT2D eigenvalue weighted by atomic mass is 9.89. The van der Waals surface area contributed by atoms with E-state index in [1.165, 1.54) is 6.07 Å². The summed E-state index contributed by atoms with van der Waals surface area (Å²) in [7, 11) is -3.56. The van der Waals surface area contributed by atoms with Crippen LogP contribution in [-0.4, -0.2) is 55.2 Å². The van der Waals surface area contributed by atoms with Gasteiger partial charge in [-0.2, -0.15) is 0 Å². The average molecular weight is 588 g/mol. The third kappa shape index (κ3) is 5.25. The van der Waals surface area contributed by atoms with Crippen molar-refractivity contribution in [3.8, 4) is 5.69 Å². The van der Waals surface area contributed by atoms with Crippen LogP contribution < -0.4 is 21.7 Å². The molecule has 4 aliphatic rings. The van der Waals surface area contributed by atoms with E-state index in [4.69, 9.17) is 10.5 Å². The summed E-state index contributed by atoms with van der Waals surface area (Å²) in [6.07, 6.45) is 5.32. The molecule has 2 aromatic rings. The molecule has 222 valence electrons. The van der Waals surface area contributed by atoms with Gasteiger partial charge in [0.05, 0.1) is 52.5 Å². The van der Waals surface area contributed by atoms with Crippen LogP contribution in [-0.2, 0) is 39.0 Å². The van der Waals surface area contributed by atoms with E-state index in [0.29, 0.717) is 34.0 Å². The molecule has 6 rings (SSSR count). The number of rotatable bonds is 6. The number of hydrogen-bond donors (Lipinski definition) is 4. The summed E-state index contributed by atoms with van der Waals surface area (Å²) in [6, 6.07) is 2.84. The third-order valence-electron chi connectivity index (χ3n) is 8.84. The van der Waals surface area contributed by atoms with Gasteiger partial charge >= 0.3 is 0 Å². The standard InChI is InChI=1S/C29H38FN5O5S/c1-29(2)12-23-26(41(38,39)15-29)19-13-40-14-24(19)35(23)18-10-20(30)25(27(31)36)22(11-18)33-16-5-7-17(8-6-16)34-28(37)21-4-3-9-32-21/h10-11,16-17,21,32-33H,3-9,12-15H2,1-2H3,(H2,31,36)(H,34,37)/t16?,17?,21-/m0/s1. The number of primary amides is 1. The van der Waals surface area contributed by atoms with Gasteiger partial charge in [0.15, 0.2) is 9.84 Å². The maximum atomic E-state index is 15.6. The SMILES string of the molecule is CC1(C)Cc2c(c3c(n2-c2cc(F)c(C(N)=O)c(NC4CCC(NC(=O)[C@@H]5CCCN5)CC4)c2)COC3)S(=O)(=O)C1. The van der Waals surface area contributed by atoms with E-state index < -0.39 is 27.0 Å². The number of carbonyl (C=O) groups excluding carboxylic acids is 2. The number of fused-ring (bicyclic) bond motifs is 3. The van der Waals surface area contributed by atoms with Crippen molar-refractivity contribution in [3.63, 3.8) is 0 Å². The van der Waals surface area contributed by atoms with Crippen LogP contribution in [0.2, 0.25) is 0 Å². The first kappa shape index (κ1) is 28.2. The molecule has 10 nitrogen and oxygen atoms in total. The van der Waals surface area contributed by atoms with Crippen molar-refractivity contribution in [3.05, 3.63) is 40.5 Å². The first-order valence-corrected chi connectivity index (χ1v) is 16.1. The Labute approximate surface area is 239 Å². The van der Waals surface area contributed by atoms with Gasteiger partial charge in [-0.15, -0.1) is 0 Å².